The molecule has 1 aromatic rings. The van der Waals surface area contributed by atoms with Gasteiger partial charge in [0.2, 0.25) is 15.9 Å². The lowest BCUT2D eigenvalue weighted by Crippen LogP contribution is -2.38. The molecule has 9 heteroatoms. The highest BCUT2D eigenvalue weighted by molar-refractivity contribution is 7.89. The maximum absolute atomic E-state index is 12.0. The van der Waals surface area contributed by atoms with E-state index < -0.39 is 22.5 Å². The fraction of sp³-hybridized carbons (Fsp3) is 0.333. The Bertz CT molecular complexity index is 652. The van der Waals surface area contributed by atoms with Crippen LogP contribution >= 0.6 is 0 Å². The molecule has 0 atom stereocenters. The smallest absolute Gasteiger partial charge is 0.242 e. The summed E-state index contributed by atoms with van der Waals surface area (Å²) in [6.07, 6.45) is 0. The summed E-state index contributed by atoms with van der Waals surface area (Å²) in [6, 6.07) is 5.60. The molecule has 0 aliphatic rings. The first-order chi connectivity index (χ1) is 9.90. The van der Waals surface area contributed by atoms with E-state index in [9.17, 15) is 13.2 Å². The molecule has 114 valence electrons. The lowest BCUT2D eigenvalue weighted by Gasteiger charge is -2.09. The van der Waals surface area contributed by atoms with E-state index >= 15 is 0 Å². The molecule has 0 heterocycles. The number of amides is 1. The SMILES string of the molecule is COCCNC(=O)CNS(=O)(=O)c1ccc(N)cc1C#N. The van der Waals surface area contributed by atoms with Gasteiger partial charge in [0, 0.05) is 19.3 Å². The molecule has 0 saturated carbocycles. The number of ether oxygens (including phenoxy) is 1. The van der Waals surface area contributed by atoms with Gasteiger partial charge < -0.3 is 15.8 Å². The summed E-state index contributed by atoms with van der Waals surface area (Å²) >= 11 is 0. The zero-order valence-corrected chi connectivity index (χ0v) is 12.2. The molecule has 0 saturated heterocycles. The van der Waals surface area contributed by atoms with Gasteiger partial charge in [-0.15, -0.1) is 0 Å². The van der Waals surface area contributed by atoms with Gasteiger partial charge in [-0.05, 0) is 18.2 Å². The number of carbonyl (C=O) groups is 1. The van der Waals surface area contributed by atoms with Crippen molar-refractivity contribution >= 4 is 21.6 Å². The number of anilines is 1. The Kier molecular flexibility index (Phi) is 6.10. The normalized spacial score (nSPS) is 10.9. The van der Waals surface area contributed by atoms with Crippen LogP contribution in [0.1, 0.15) is 5.56 Å². The van der Waals surface area contributed by atoms with Crippen molar-refractivity contribution in [2.75, 3.05) is 32.5 Å². The van der Waals surface area contributed by atoms with Gasteiger partial charge in [-0.25, -0.2) is 13.1 Å². The van der Waals surface area contributed by atoms with E-state index in [0.717, 1.165) is 0 Å². The first-order valence-corrected chi connectivity index (χ1v) is 7.44. The zero-order chi connectivity index (χ0) is 15.9. The number of nitrogens with zero attached hydrogens (tertiary/aromatic N) is 1. The molecular formula is C12H16N4O4S. The van der Waals surface area contributed by atoms with Crippen molar-refractivity contribution in [3.8, 4) is 6.07 Å². The van der Waals surface area contributed by atoms with Crippen LogP contribution in [0.4, 0.5) is 5.69 Å². The second kappa shape index (κ2) is 7.58. The number of sulfonamides is 1. The van der Waals surface area contributed by atoms with E-state index in [1.165, 1.54) is 25.3 Å². The molecule has 8 nitrogen and oxygen atoms in total. The Morgan fingerprint density at radius 1 is 1.48 bits per heavy atom. The summed E-state index contributed by atoms with van der Waals surface area (Å²) in [5, 5.41) is 11.4. The van der Waals surface area contributed by atoms with Crippen LogP contribution in [-0.4, -0.2) is 41.1 Å². The fourth-order valence-corrected chi connectivity index (χ4v) is 2.58. The third kappa shape index (κ3) is 5.03. The fourth-order valence-electron chi connectivity index (χ4n) is 1.46. The highest BCUT2D eigenvalue weighted by Gasteiger charge is 2.19. The number of benzene rings is 1. The second-order valence-electron chi connectivity index (χ2n) is 4.03. The van der Waals surface area contributed by atoms with Gasteiger partial charge in [0.25, 0.3) is 0 Å². The maximum Gasteiger partial charge on any atom is 0.242 e. The summed E-state index contributed by atoms with van der Waals surface area (Å²) in [5.74, 6) is -0.496. The van der Waals surface area contributed by atoms with Crippen LogP contribution < -0.4 is 15.8 Å². The summed E-state index contributed by atoms with van der Waals surface area (Å²) in [6.45, 7) is 0.179. The minimum atomic E-state index is -3.97. The third-order valence-electron chi connectivity index (χ3n) is 2.46. The van der Waals surface area contributed by atoms with Crippen molar-refractivity contribution in [2.24, 2.45) is 0 Å². The number of rotatable bonds is 7. The van der Waals surface area contributed by atoms with Crippen LogP contribution in [0.5, 0.6) is 0 Å². The van der Waals surface area contributed by atoms with Crippen molar-refractivity contribution < 1.29 is 17.9 Å². The number of nitrogen functional groups attached to an aromatic ring is 1. The van der Waals surface area contributed by atoms with Crippen LogP contribution in [0.15, 0.2) is 23.1 Å². The topological polar surface area (TPSA) is 134 Å². The molecule has 1 amide bonds. The van der Waals surface area contributed by atoms with Crippen molar-refractivity contribution in [3.63, 3.8) is 0 Å². The summed E-state index contributed by atoms with van der Waals surface area (Å²) in [7, 11) is -2.48. The molecular weight excluding hydrogens is 296 g/mol. The quantitative estimate of drug-likeness (QED) is 0.445. The molecule has 0 bridgehead atoms. The Labute approximate surface area is 122 Å². The largest absolute Gasteiger partial charge is 0.399 e. The number of nitriles is 1. The lowest BCUT2D eigenvalue weighted by molar-refractivity contribution is -0.120. The lowest BCUT2D eigenvalue weighted by atomic mass is 10.2. The van der Waals surface area contributed by atoms with Gasteiger partial charge in [0.05, 0.1) is 23.6 Å². The number of methoxy groups -OCH3 is 1. The first-order valence-electron chi connectivity index (χ1n) is 5.95. The average molecular weight is 312 g/mol. The maximum atomic E-state index is 12.0. The molecule has 0 radical (unpaired) electrons. The van der Waals surface area contributed by atoms with E-state index in [1.807, 2.05) is 0 Å². The van der Waals surface area contributed by atoms with Crippen LogP contribution in [0, 0.1) is 11.3 Å². The Morgan fingerprint density at radius 3 is 2.81 bits per heavy atom. The molecule has 21 heavy (non-hydrogen) atoms. The second-order valence-corrected chi connectivity index (χ2v) is 5.77. The first kappa shape index (κ1) is 16.9. The van der Waals surface area contributed by atoms with Gasteiger partial charge in [-0.1, -0.05) is 0 Å². The Balaban J connectivity index is 2.75. The molecule has 0 aliphatic carbocycles. The van der Waals surface area contributed by atoms with Crippen molar-refractivity contribution in [1.29, 1.82) is 5.26 Å². The van der Waals surface area contributed by atoms with E-state index in [-0.39, 0.29) is 22.7 Å². The van der Waals surface area contributed by atoms with Crippen molar-refractivity contribution in [2.45, 2.75) is 4.90 Å². The van der Waals surface area contributed by atoms with Crippen molar-refractivity contribution in [1.82, 2.24) is 10.0 Å². The number of nitrogens with one attached hydrogen (secondary N) is 2. The Hall–Kier alpha value is -2.15. The summed E-state index contributed by atoms with van der Waals surface area (Å²) in [4.78, 5) is 11.2. The van der Waals surface area contributed by atoms with Gasteiger partial charge in [0.1, 0.15) is 6.07 Å². The molecule has 0 spiro atoms. The van der Waals surface area contributed by atoms with E-state index in [1.54, 1.807) is 6.07 Å². The average Bonchev–Trinajstić information content (AvgIpc) is 2.45. The summed E-state index contributed by atoms with van der Waals surface area (Å²) < 4.78 is 31.0. The van der Waals surface area contributed by atoms with Gasteiger partial charge in [-0.2, -0.15) is 5.26 Å². The van der Waals surface area contributed by atoms with Gasteiger partial charge in [-0.3, -0.25) is 4.79 Å². The molecule has 1 rings (SSSR count). The van der Waals surface area contributed by atoms with Crippen LogP contribution in [0.25, 0.3) is 0 Å². The predicted molar refractivity (Wildman–Crippen MR) is 75.6 cm³/mol. The molecule has 0 unspecified atom stereocenters. The molecule has 4 N–H and O–H groups in total. The van der Waals surface area contributed by atoms with E-state index in [4.69, 9.17) is 15.7 Å². The monoisotopic (exact) mass is 312 g/mol. The molecule has 1 aromatic carbocycles. The number of carbonyl (C=O) groups excluding carboxylic acids is 1. The summed E-state index contributed by atoms with van der Waals surface area (Å²) in [5.41, 5.74) is 5.69. The van der Waals surface area contributed by atoms with Crippen molar-refractivity contribution in [3.05, 3.63) is 23.8 Å². The van der Waals surface area contributed by atoms with Gasteiger partial charge in [0.15, 0.2) is 0 Å². The van der Waals surface area contributed by atoms with Gasteiger partial charge >= 0.3 is 0 Å². The third-order valence-corrected chi connectivity index (χ3v) is 3.92. The van der Waals surface area contributed by atoms with Crippen LogP contribution in [0.2, 0.25) is 0 Å². The number of hydrogen-bond donors (Lipinski definition) is 3. The molecule has 0 aromatic heterocycles. The standard InChI is InChI=1S/C12H16N4O4S/c1-20-5-4-15-12(17)8-16-21(18,19)11-3-2-10(14)6-9(11)7-13/h2-3,6,16H,4-5,8,14H2,1H3,(H,15,17). The molecule has 0 aliphatic heterocycles. The highest BCUT2D eigenvalue weighted by Crippen LogP contribution is 2.17. The van der Waals surface area contributed by atoms with Crippen LogP contribution in [-0.2, 0) is 19.6 Å². The highest BCUT2D eigenvalue weighted by atomic mass is 32.2. The minimum absolute atomic E-state index is 0.0812. The minimum Gasteiger partial charge on any atom is -0.399 e. The number of nitrogens with two attached hydrogens (primary N) is 1. The molecule has 0 fully saturated rings. The van der Waals surface area contributed by atoms with E-state index in [2.05, 4.69) is 10.0 Å². The number of hydrogen-bond acceptors (Lipinski definition) is 6. The zero-order valence-electron chi connectivity index (χ0n) is 11.4. The van der Waals surface area contributed by atoms with E-state index in [0.29, 0.717) is 6.61 Å². The predicted octanol–water partition coefficient (Wildman–Crippen LogP) is -0.819. The van der Waals surface area contributed by atoms with Crippen LogP contribution in [0.3, 0.4) is 0 Å². The Morgan fingerprint density at radius 2 is 2.19 bits per heavy atom.